The molecule has 4 aromatic rings. The molecule has 1 atom stereocenters. The highest BCUT2D eigenvalue weighted by molar-refractivity contribution is 7.91. The normalized spacial score (nSPS) is 12.3. The molecule has 2 aromatic heterocycles. The van der Waals surface area contributed by atoms with Crippen molar-refractivity contribution in [3.63, 3.8) is 0 Å². The Hall–Kier alpha value is -3.38. The summed E-state index contributed by atoms with van der Waals surface area (Å²) < 4.78 is 28.0. The number of carbonyl (C=O) groups is 1. The summed E-state index contributed by atoms with van der Waals surface area (Å²) in [6.45, 7) is 0. The first-order chi connectivity index (χ1) is 14.9. The van der Waals surface area contributed by atoms with Crippen molar-refractivity contribution < 1.29 is 18.3 Å². The predicted octanol–water partition coefficient (Wildman–Crippen LogP) is 3.60. The van der Waals surface area contributed by atoms with Crippen molar-refractivity contribution >= 4 is 38.2 Å². The van der Waals surface area contributed by atoms with E-state index in [2.05, 4.69) is 21.5 Å². The van der Waals surface area contributed by atoms with E-state index in [9.17, 15) is 18.3 Å². The van der Waals surface area contributed by atoms with Gasteiger partial charge < -0.3 is 10.1 Å². The van der Waals surface area contributed by atoms with Gasteiger partial charge in [-0.05, 0) is 35.9 Å². The summed E-state index contributed by atoms with van der Waals surface area (Å²) >= 11 is 1.00. The van der Waals surface area contributed by atoms with Gasteiger partial charge in [-0.1, -0.05) is 48.2 Å². The van der Waals surface area contributed by atoms with E-state index >= 15 is 0 Å². The first-order valence-electron chi connectivity index (χ1n) is 9.39. The number of aromatic nitrogens is 1. The molecule has 0 fully saturated rings. The van der Waals surface area contributed by atoms with Gasteiger partial charge in [0.1, 0.15) is 10.3 Å². The van der Waals surface area contributed by atoms with Gasteiger partial charge in [0.05, 0.1) is 4.88 Å². The van der Waals surface area contributed by atoms with Crippen molar-refractivity contribution in [3.8, 4) is 11.8 Å². The van der Waals surface area contributed by atoms with Crippen LogP contribution in [0.1, 0.15) is 16.0 Å². The lowest BCUT2D eigenvalue weighted by Gasteiger charge is -2.13. The van der Waals surface area contributed by atoms with E-state index in [0.29, 0.717) is 4.88 Å². The van der Waals surface area contributed by atoms with Gasteiger partial charge in [0, 0.05) is 29.1 Å². The lowest BCUT2D eigenvalue weighted by atomic mass is 10.1. The van der Waals surface area contributed by atoms with Crippen LogP contribution >= 0.6 is 11.3 Å². The van der Waals surface area contributed by atoms with Crippen molar-refractivity contribution in [1.29, 1.82) is 0 Å². The number of hydrogen-bond donors (Lipinski definition) is 3. The lowest BCUT2D eigenvalue weighted by Crippen LogP contribution is -2.41. The molecule has 31 heavy (non-hydrogen) atoms. The molecule has 0 bridgehead atoms. The van der Waals surface area contributed by atoms with Crippen LogP contribution in [0.2, 0.25) is 0 Å². The van der Waals surface area contributed by atoms with Crippen LogP contribution in [-0.4, -0.2) is 30.5 Å². The Kier molecular flexibility index (Phi) is 5.91. The molecule has 0 aliphatic heterocycles. The molecule has 0 amide bonds. The Labute approximate surface area is 183 Å². The monoisotopic (exact) mass is 450 g/mol. The van der Waals surface area contributed by atoms with Crippen LogP contribution in [0.3, 0.4) is 0 Å². The number of aromatic amines is 1. The summed E-state index contributed by atoms with van der Waals surface area (Å²) in [5.74, 6) is 4.68. The number of para-hydroxylation sites is 1. The van der Waals surface area contributed by atoms with E-state index in [4.69, 9.17) is 0 Å². The Morgan fingerprint density at radius 3 is 2.55 bits per heavy atom. The highest BCUT2D eigenvalue weighted by Gasteiger charge is 2.27. The zero-order valence-corrected chi connectivity index (χ0v) is 17.8. The van der Waals surface area contributed by atoms with E-state index < -0.39 is 22.0 Å². The number of aliphatic carboxylic acids is 1. The Balaban J connectivity index is 1.53. The van der Waals surface area contributed by atoms with E-state index in [1.165, 1.54) is 6.07 Å². The van der Waals surface area contributed by atoms with Gasteiger partial charge >= 0.3 is 5.97 Å². The number of sulfonamides is 1. The second-order valence-electron chi connectivity index (χ2n) is 6.81. The standard InChI is InChI=1S/C23H18N2O4S2/c26-23(27)21(14-17-15-24-20-9-5-4-8-19(17)20)25-31(28,29)22-13-12-18(30-22)11-10-16-6-2-1-3-7-16/h1-9,12-13,15,21,24-25H,14H2,(H,26,27)/t21-/m1/s1. The van der Waals surface area contributed by atoms with Crippen molar-refractivity contribution in [2.24, 2.45) is 0 Å². The maximum absolute atomic E-state index is 12.8. The van der Waals surface area contributed by atoms with Crippen molar-refractivity contribution in [1.82, 2.24) is 9.71 Å². The molecule has 3 N–H and O–H groups in total. The van der Waals surface area contributed by atoms with Crippen LogP contribution in [0.4, 0.5) is 0 Å². The minimum absolute atomic E-state index is 0.0185. The summed E-state index contributed by atoms with van der Waals surface area (Å²) in [5.41, 5.74) is 2.42. The SMILES string of the molecule is O=C(O)[C@@H](Cc1c[nH]c2ccccc12)NS(=O)(=O)c1ccc(C#Cc2ccccc2)s1. The molecule has 2 aromatic carbocycles. The van der Waals surface area contributed by atoms with Crippen LogP contribution < -0.4 is 4.72 Å². The van der Waals surface area contributed by atoms with Crippen LogP contribution in [-0.2, 0) is 21.2 Å². The van der Waals surface area contributed by atoms with Gasteiger partial charge in [0.15, 0.2) is 0 Å². The Morgan fingerprint density at radius 1 is 1.03 bits per heavy atom. The Bertz CT molecular complexity index is 1390. The quantitative estimate of drug-likeness (QED) is 0.391. The molecule has 156 valence electrons. The summed E-state index contributed by atoms with van der Waals surface area (Å²) in [4.78, 5) is 15.4. The fraction of sp³-hybridized carbons (Fsp3) is 0.0870. The smallest absolute Gasteiger partial charge is 0.322 e. The number of H-pyrrole nitrogens is 1. The topological polar surface area (TPSA) is 99.3 Å². The Morgan fingerprint density at radius 2 is 1.77 bits per heavy atom. The lowest BCUT2D eigenvalue weighted by molar-refractivity contribution is -0.138. The molecule has 0 aliphatic carbocycles. The van der Waals surface area contributed by atoms with Gasteiger partial charge in [0.2, 0.25) is 0 Å². The number of carboxylic acids is 1. The van der Waals surface area contributed by atoms with Crippen molar-refractivity contribution in [2.75, 3.05) is 0 Å². The molecular formula is C23H18N2O4S2. The van der Waals surface area contributed by atoms with Gasteiger partial charge in [-0.25, -0.2) is 8.42 Å². The molecule has 0 radical (unpaired) electrons. The van der Waals surface area contributed by atoms with E-state index in [0.717, 1.165) is 33.4 Å². The first-order valence-corrected chi connectivity index (χ1v) is 11.7. The second-order valence-corrected chi connectivity index (χ2v) is 9.84. The van der Waals surface area contributed by atoms with E-state index in [-0.39, 0.29) is 10.6 Å². The molecular weight excluding hydrogens is 432 g/mol. The highest BCUT2D eigenvalue weighted by atomic mass is 32.2. The molecule has 4 rings (SSSR count). The highest BCUT2D eigenvalue weighted by Crippen LogP contribution is 2.23. The number of benzene rings is 2. The number of fused-ring (bicyclic) bond motifs is 1. The zero-order chi connectivity index (χ0) is 21.8. The second kappa shape index (κ2) is 8.78. The average Bonchev–Trinajstić information content (AvgIpc) is 3.40. The molecule has 6 nitrogen and oxygen atoms in total. The van der Waals surface area contributed by atoms with Gasteiger partial charge in [0.25, 0.3) is 10.0 Å². The van der Waals surface area contributed by atoms with Crippen molar-refractivity contribution in [3.05, 3.63) is 88.9 Å². The molecule has 0 saturated carbocycles. The third-order valence-corrected chi connectivity index (χ3v) is 7.61. The predicted molar refractivity (Wildman–Crippen MR) is 120 cm³/mol. The minimum Gasteiger partial charge on any atom is -0.480 e. The third-order valence-electron chi connectivity index (χ3n) is 4.64. The molecule has 0 spiro atoms. The van der Waals surface area contributed by atoms with Gasteiger partial charge in [-0.15, -0.1) is 11.3 Å². The first kappa shape index (κ1) is 20.9. The van der Waals surface area contributed by atoms with Crippen LogP contribution in [0.5, 0.6) is 0 Å². The maximum atomic E-state index is 12.8. The summed E-state index contributed by atoms with van der Waals surface area (Å²) in [7, 11) is -4.01. The molecule has 0 aliphatic rings. The fourth-order valence-electron chi connectivity index (χ4n) is 3.13. The van der Waals surface area contributed by atoms with Gasteiger partial charge in [-0.2, -0.15) is 4.72 Å². The molecule has 8 heteroatoms. The minimum atomic E-state index is -4.01. The molecule has 0 unspecified atom stereocenters. The van der Waals surface area contributed by atoms with Crippen molar-refractivity contribution in [2.45, 2.75) is 16.7 Å². The maximum Gasteiger partial charge on any atom is 0.322 e. The fourth-order valence-corrected chi connectivity index (χ4v) is 5.50. The van der Waals surface area contributed by atoms with Crippen LogP contribution in [0.25, 0.3) is 10.9 Å². The van der Waals surface area contributed by atoms with Gasteiger partial charge in [-0.3, -0.25) is 4.79 Å². The van der Waals surface area contributed by atoms with Crippen LogP contribution in [0, 0.1) is 11.8 Å². The summed E-state index contributed by atoms with van der Waals surface area (Å²) in [6.07, 6.45) is 1.72. The van der Waals surface area contributed by atoms with Crippen LogP contribution in [0.15, 0.2) is 77.1 Å². The number of rotatable bonds is 6. The third kappa shape index (κ3) is 4.86. The number of thiophene rings is 1. The number of hydrogen-bond acceptors (Lipinski definition) is 4. The zero-order valence-electron chi connectivity index (χ0n) is 16.2. The van der Waals surface area contributed by atoms with E-state index in [1.807, 2.05) is 54.6 Å². The number of carboxylic acid groups (broad SMARTS) is 1. The summed E-state index contributed by atoms with van der Waals surface area (Å²) in [6, 6.07) is 18.6. The molecule has 0 saturated heterocycles. The largest absolute Gasteiger partial charge is 0.480 e. The van der Waals surface area contributed by atoms with E-state index in [1.54, 1.807) is 12.3 Å². The molecule has 2 heterocycles. The average molecular weight is 451 g/mol. The number of nitrogens with one attached hydrogen (secondary N) is 2. The summed E-state index contributed by atoms with van der Waals surface area (Å²) in [5, 5.41) is 10.5.